The van der Waals surface area contributed by atoms with E-state index in [9.17, 15) is 14.0 Å². The first-order valence-electron chi connectivity index (χ1n) is 3.74. The van der Waals surface area contributed by atoms with Crippen LogP contribution in [0.5, 0.6) is 0 Å². The smallest absolute Gasteiger partial charge is 0.419 e. The van der Waals surface area contributed by atoms with Crippen LogP contribution in [0.15, 0.2) is 21.4 Å². The molecule has 1 N–H and O–H groups in total. The second kappa shape index (κ2) is 3.42. The Kier molecular flexibility index (Phi) is 2.35. The number of hydrogen-bond acceptors (Lipinski definition) is 3. The van der Waals surface area contributed by atoms with E-state index in [0.29, 0.717) is 9.27 Å². The molecule has 0 amide bonds. The number of thiazole rings is 1. The number of nitrogens with zero attached hydrogens (tertiary/aromatic N) is 1. The molecule has 1 heterocycles. The van der Waals surface area contributed by atoms with Crippen LogP contribution in [0.3, 0.4) is 0 Å². The molecule has 0 atom stereocenters. The zero-order chi connectivity index (χ0) is 11.2. The van der Waals surface area contributed by atoms with Gasteiger partial charge in [0.1, 0.15) is 5.82 Å². The molecule has 0 bridgehead atoms. The molecule has 78 valence electrons. The van der Waals surface area contributed by atoms with Crippen molar-refractivity contribution in [3.05, 3.63) is 32.1 Å². The van der Waals surface area contributed by atoms with Crippen molar-refractivity contribution in [2.45, 2.75) is 0 Å². The normalized spacial score (nSPS) is 10.8. The number of fused-ring (bicyclic) bond motifs is 1. The average Bonchev–Trinajstić information content (AvgIpc) is 2.41. The number of halogens is 2. The van der Waals surface area contributed by atoms with Gasteiger partial charge in [0.05, 0.1) is 14.7 Å². The van der Waals surface area contributed by atoms with E-state index in [2.05, 4.69) is 15.9 Å². The standard InChI is InChI=1S/C8H3BrFNO3S/c9-3-1-6-5(2-4(3)10)11(7(12)13)8(14)15-6/h1-2H,(H,12,13). The summed E-state index contributed by atoms with van der Waals surface area (Å²) in [5.74, 6) is -0.602. The molecule has 2 aromatic rings. The molecule has 0 radical (unpaired) electrons. The van der Waals surface area contributed by atoms with E-state index in [1.54, 1.807) is 0 Å². The second-order valence-corrected chi connectivity index (χ2v) is 4.57. The Morgan fingerprint density at radius 3 is 2.80 bits per heavy atom. The fourth-order valence-corrected chi connectivity index (χ4v) is 2.58. The van der Waals surface area contributed by atoms with Crippen LogP contribution in [-0.2, 0) is 0 Å². The van der Waals surface area contributed by atoms with Crippen LogP contribution in [0.25, 0.3) is 10.2 Å². The maximum absolute atomic E-state index is 13.2. The van der Waals surface area contributed by atoms with Crippen molar-refractivity contribution in [1.29, 1.82) is 0 Å². The number of aromatic nitrogens is 1. The van der Waals surface area contributed by atoms with Crippen molar-refractivity contribution >= 4 is 43.6 Å². The minimum Gasteiger partial charge on any atom is -0.464 e. The molecular weight excluding hydrogens is 289 g/mol. The van der Waals surface area contributed by atoms with Gasteiger partial charge in [0.15, 0.2) is 0 Å². The van der Waals surface area contributed by atoms with Gasteiger partial charge in [-0.05, 0) is 22.0 Å². The summed E-state index contributed by atoms with van der Waals surface area (Å²) in [4.78, 5) is 21.4. The molecule has 2 rings (SSSR count). The first-order valence-corrected chi connectivity index (χ1v) is 5.35. The predicted octanol–water partition coefficient (Wildman–Crippen LogP) is 2.49. The van der Waals surface area contributed by atoms with E-state index >= 15 is 0 Å². The highest BCUT2D eigenvalue weighted by molar-refractivity contribution is 9.10. The van der Waals surface area contributed by atoms with Crippen molar-refractivity contribution in [3.8, 4) is 0 Å². The van der Waals surface area contributed by atoms with E-state index in [1.807, 2.05) is 0 Å². The second-order valence-electron chi connectivity index (χ2n) is 2.72. The molecule has 7 heteroatoms. The van der Waals surface area contributed by atoms with Gasteiger partial charge < -0.3 is 5.11 Å². The predicted molar refractivity (Wildman–Crippen MR) is 57.2 cm³/mol. The summed E-state index contributed by atoms with van der Waals surface area (Å²) in [6.45, 7) is 0. The van der Waals surface area contributed by atoms with Gasteiger partial charge in [-0.3, -0.25) is 4.79 Å². The lowest BCUT2D eigenvalue weighted by Crippen LogP contribution is -2.19. The molecule has 0 aliphatic heterocycles. The van der Waals surface area contributed by atoms with Gasteiger partial charge >= 0.3 is 11.0 Å². The molecule has 15 heavy (non-hydrogen) atoms. The maximum atomic E-state index is 13.2. The van der Waals surface area contributed by atoms with Gasteiger partial charge in [-0.25, -0.2) is 13.8 Å². The minimum absolute atomic E-state index is 0.0678. The average molecular weight is 292 g/mol. The van der Waals surface area contributed by atoms with E-state index in [1.165, 1.54) is 6.07 Å². The number of rotatable bonds is 0. The Labute approximate surface area is 94.7 Å². The zero-order valence-electron chi connectivity index (χ0n) is 7.03. The van der Waals surface area contributed by atoms with Gasteiger partial charge in [0.2, 0.25) is 0 Å². The minimum atomic E-state index is -1.41. The largest absolute Gasteiger partial charge is 0.464 e. The molecule has 0 saturated carbocycles. The van der Waals surface area contributed by atoms with Gasteiger partial charge in [-0.2, -0.15) is 0 Å². The third kappa shape index (κ3) is 1.57. The van der Waals surface area contributed by atoms with Crippen molar-refractivity contribution < 1.29 is 14.3 Å². The van der Waals surface area contributed by atoms with Crippen LogP contribution in [-0.4, -0.2) is 15.8 Å². The summed E-state index contributed by atoms with van der Waals surface area (Å²) in [7, 11) is 0. The van der Waals surface area contributed by atoms with Gasteiger partial charge in [0.25, 0.3) is 0 Å². The molecule has 1 aromatic carbocycles. The molecular formula is C8H3BrFNO3S. The molecule has 0 saturated heterocycles. The monoisotopic (exact) mass is 291 g/mol. The highest BCUT2D eigenvalue weighted by atomic mass is 79.9. The Balaban J connectivity index is 2.94. The molecule has 4 nitrogen and oxygen atoms in total. The summed E-state index contributed by atoms with van der Waals surface area (Å²) in [5.41, 5.74) is 0.0678. The number of carbonyl (C=O) groups is 1. The summed E-state index contributed by atoms with van der Waals surface area (Å²) in [5, 5.41) is 8.75. The van der Waals surface area contributed by atoms with Crippen molar-refractivity contribution in [2.24, 2.45) is 0 Å². The number of benzene rings is 1. The van der Waals surface area contributed by atoms with Crippen LogP contribution in [0, 0.1) is 5.82 Å². The molecule has 0 aliphatic rings. The fourth-order valence-electron chi connectivity index (χ4n) is 1.19. The first kappa shape index (κ1) is 10.3. The lowest BCUT2D eigenvalue weighted by molar-refractivity contribution is 0.197. The van der Waals surface area contributed by atoms with E-state index in [-0.39, 0.29) is 9.99 Å². The molecule has 0 unspecified atom stereocenters. The van der Waals surface area contributed by atoms with E-state index < -0.39 is 16.8 Å². The summed E-state index contributed by atoms with van der Waals surface area (Å²) < 4.78 is 14.3. The number of hydrogen-bond donors (Lipinski definition) is 1. The Hall–Kier alpha value is -1.21. The quantitative estimate of drug-likeness (QED) is 0.811. The lowest BCUT2D eigenvalue weighted by atomic mass is 10.3. The highest BCUT2D eigenvalue weighted by Gasteiger charge is 2.15. The first-order chi connectivity index (χ1) is 7.00. The fraction of sp³-hybridized carbons (Fsp3) is 0. The van der Waals surface area contributed by atoms with Gasteiger partial charge in [-0.15, -0.1) is 0 Å². The Morgan fingerprint density at radius 1 is 1.53 bits per heavy atom. The molecule has 0 fully saturated rings. The third-order valence-corrected chi connectivity index (χ3v) is 3.33. The van der Waals surface area contributed by atoms with Crippen molar-refractivity contribution in [1.82, 2.24) is 4.57 Å². The van der Waals surface area contributed by atoms with Crippen LogP contribution >= 0.6 is 27.3 Å². The van der Waals surface area contributed by atoms with E-state index in [4.69, 9.17) is 5.11 Å². The van der Waals surface area contributed by atoms with Gasteiger partial charge in [-0.1, -0.05) is 11.3 Å². The highest BCUT2D eigenvalue weighted by Crippen LogP contribution is 2.25. The van der Waals surface area contributed by atoms with Gasteiger partial charge in [0, 0.05) is 6.07 Å². The molecule has 0 spiro atoms. The number of carboxylic acid groups (broad SMARTS) is 1. The summed E-state index contributed by atoms with van der Waals surface area (Å²) >= 11 is 3.72. The third-order valence-electron chi connectivity index (χ3n) is 1.81. The lowest BCUT2D eigenvalue weighted by Gasteiger charge is -1.97. The van der Waals surface area contributed by atoms with Crippen molar-refractivity contribution in [3.63, 3.8) is 0 Å². The van der Waals surface area contributed by atoms with E-state index in [0.717, 1.165) is 17.4 Å². The zero-order valence-corrected chi connectivity index (χ0v) is 9.43. The summed E-state index contributed by atoms with van der Waals surface area (Å²) in [6, 6.07) is 2.40. The van der Waals surface area contributed by atoms with Crippen LogP contribution < -0.4 is 4.87 Å². The SMILES string of the molecule is O=C(O)n1c(=O)sc2cc(Br)c(F)cc21. The Bertz CT molecular complexity index is 618. The van der Waals surface area contributed by atoms with Crippen LogP contribution in [0.4, 0.5) is 9.18 Å². The van der Waals surface area contributed by atoms with Crippen LogP contribution in [0.2, 0.25) is 0 Å². The summed E-state index contributed by atoms with van der Waals surface area (Å²) in [6.07, 6.45) is -1.41. The molecule has 1 aromatic heterocycles. The topological polar surface area (TPSA) is 59.3 Å². The molecule has 0 aliphatic carbocycles. The Morgan fingerprint density at radius 2 is 2.20 bits per heavy atom. The maximum Gasteiger partial charge on any atom is 0.419 e. The van der Waals surface area contributed by atoms with Crippen LogP contribution in [0.1, 0.15) is 0 Å². The van der Waals surface area contributed by atoms with Crippen molar-refractivity contribution in [2.75, 3.05) is 0 Å².